The Kier molecular flexibility index (Phi) is 9.52. The Morgan fingerprint density at radius 2 is 1.15 bits per heavy atom. The molecule has 0 spiro atoms. The third-order valence-electron chi connectivity index (χ3n) is 2.55. The van der Waals surface area contributed by atoms with Crippen molar-refractivity contribution < 1.29 is 52.0 Å². The highest BCUT2D eigenvalue weighted by Gasteiger charge is 2.61. The first-order chi connectivity index (χ1) is 11.6. The topological polar surface area (TPSA) is 90.0 Å². The highest BCUT2D eigenvalue weighted by Crippen LogP contribution is 2.35. The molecule has 16 heteroatoms. The van der Waals surface area contributed by atoms with Crippen molar-refractivity contribution in [1.82, 2.24) is 3.71 Å². The fraction of sp³-hybridized carbons (Fsp3) is 1.00. The normalized spacial score (nSPS) is 14.4. The van der Waals surface area contributed by atoms with Crippen molar-refractivity contribution in [3.05, 3.63) is 0 Å². The summed E-state index contributed by atoms with van der Waals surface area (Å²) in [6.45, 7) is 1.87. The Balaban J connectivity index is 5.70. The lowest BCUT2D eigenvalue weighted by Crippen LogP contribution is -2.50. The van der Waals surface area contributed by atoms with E-state index in [1.165, 1.54) is 0 Å². The van der Waals surface area contributed by atoms with Gasteiger partial charge in [0, 0.05) is 25.8 Å². The molecular weight excluding hydrogens is 436 g/mol. The van der Waals surface area contributed by atoms with Crippen molar-refractivity contribution in [3.8, 4) is 0 Å². The maximum absolute atomic E-state index is 12.6. The molecular formula is C10H18F6NO6S2Si. The molecule has 0 aliphatic rings. The molecule has 157 valence electrons. The minimum Gasteiger partial charge on any atom is -0.393 e. The first kappa shape index (κ1) is 25.6. The highest BCUT2D eigenvalue weighted by atomic mass is 32.3. The van der Waals surface area contributed by atoms with Crippen molar-refractivity contribution >= 4 is 29.3 Å². The highest BCUT2D eigenvalue weighted by molar-refractivity contribution is 8.04. The Bertz CT molecular complexity index is 583. The van der Waals surface area contributed by atoms with E-state index in [0.29, 0.717) is 12.8 Å². The minimum atomic E-state index is -6.79. The molecule has 26 heavy (non-hydrogen) atoms. The summed E-state index contributed by atoms with van der Waals surface area (Å²) in [5.74, 6) is 0. The Hall–Kier alpha value is -0.423. The van der Waals surface area contributed by atoms with Crippen LogP contribution in [0.5, 0.6) is 0 Å². The monoisotopic (exact) mass is 454 g/mol. The lowest BCUT2D eigenvalue weighted by Gasteiger charge is -2.24. The van der Waals surface area contributed by atoms with Gasteiger partial charge in [-0.2, -0.15) is 26.3 Å². The quantitative estimate of drug-likeness (QED) is 0.352. The van der Waals surface area contributed by atoms with E-state index >= 15 is 0 Å². The van der Waals surface area contributed by atoms with E-state index < -0.39 is 56.6 Å². The van der Waals surface area contributed by atoms with Crippen LogP contribution >= 0.6 is 0 Å². The zero-order valence-electron chi connectivity index (χ0n) is 13.7. The summed E-state index contributed by atoms with van der Waals surface area (Å²) in [4.78, 5) is 0. The summed E-state index contributed by atoms with van der Waals surface area (Å²) in [5.41, 5.74) is -12.5. The van der Waals surface area contributed by atoms with Gasteiger partial charge in [0.1, 0.15) is 0 Å². The maximum atomic E-state index is 12.6. The molecule has 0 aliphatic heterocycles. The predicted octanol–water partition coefficient (Wildman–Crippen LogP) is 2.33. The number of sulfonamides is 2. The van der Waals surface area contributed by atoms with Gasteiger partial charge in [-0.15, -0.1) is 0 Å². The molecule has 7 nitrogen and oxygen atoms in total. The molecule has 0 atom stereocenters. The lowest BCUT2D eigenvalue weighted by molar-refractivity contribution is -0.0530. The predicted molar refractivity (Wildman–Crippen MR) is 79.7 cm³/mol. The van der Waals surface area contributed by atoms with E-state index in [9.17, 15) is 43.2 Å². The van der Waals surface area contributed by atoms with Crippen LogP contribution in [-0.4, -0.2) is 60.6 Å². The van der Waals surface area contributed by atoms with Crippen LogP contribution in [0.25, 0.3) is 0 Å². The SMILES string of the molecule is CCCO[Si](CCN(S(=O)(=O)C(F)(F)F)S(=O)(=O)C(F)(F)F)OCCC. The van der Waals surface area contributed by atoms with Crippen LogP contribution in [0.15, 0.2) is 0 Å². The smallest absolute Gasteiger partial charge is 0.393 e. The van der Waals surface area contributed by atoms with E-state index in [0.717, 1.165) is 0 Å². The van der Waals surface area contributed by atoms with Gasteiger partial charge in [0.25, 0.3) is 0 Å². The molecule has 0 aromatic carbocycles. The zero-order chi connectivity index (χ0) is 20.8. The van der Waals surface area contributed by atoms with E-state index in [-0.39, 0.29) is 13.2 Å². The molecule has 0 heterocycles. The summed E-state index contributed by atoms with van der Waals surface area (Å²) < 4.78 is 130. The van der Waals surface area contributed by atoms with E-state index in [2.05, 4.69) is 0 Å². The van der Waals surface area contributed by atoms with Crippen LogP contribution in [-0.2, 0) is 28.9 Å². The van der Waals surface area contributed by atoms with Gasteiger partial charge in [-0.25, -0.2) is 16.8 Å². The van der Waals surface area contributed by atoms with Crippen molar-refractivity contribution in [3.63, 3.8) is 0 Å². The molecule has 0 N–H and O–H groups in total. The molecule has 0 bridgehead atoms. The molecule has 0 fully saturated rings. The van der Waals surface area contributed by atoms with Crippen LogP contribution in [0.2, 0.25) is 6.04 Å². The first-order valence-electron chi connectivity index (χ1n) is 7.14. The lowest BCUT2D eigenvalue weighted by atomic mass is 10.5. The maximum Gasteiger partial charge on any atom is 0.512 e. The van der Waals surface area contributed by atoms with Gasteiger partial charge in [0.2, 0.25) is 0 Å². The van der Waals surface area contributed by atoms with Crippen molar-refractivity contribution in [1.29, 1.82) is 0 Å². The summed E-state index contributed by atoms with van der Waals surface area (Å²) in [7, 11) is -16.1. The number of nitrogens with zero attached hydrogens (tertiary/aromatic N) is 1. The summed E-state index contributed by atoms with van der Waals surface area (Å²) in [6, 6.07) is -0.755. The Labute approximate surface area is 149 Å². The Morgan fingerprint density at radius 1 is 0.808 bits per heavy atom. The van der Waals surface area contributed by atoms with Crippen LogP contribution < -0.4 is 0 Å². The van der Waals surface area contributed by atoms with Crippen molar-refractivity contribution in [2.75, 3.05) is 19.8 Å². The van der Waals surface area contributed by atoms with Gasteiger partial charge in [-0.3, -0.25) is 0 Å². The van der Waals surface area contributed by atoms with Gasteiger partial charge >= 0.3 is 40.3 Å². The second kappa shape index (κ2) is 9.68. The third kappa shape index (κ3) is 6.63. The van der Waals surface area contributed by atoms with E-state index in [1.54, 1.807) is 13.8 Å². The zero-order valence-corrected chi connectivity index (χ0v) is 16.4. The van der Waals surface area contributed by atoms with E-state index in [1.807, 2.05) is 0 Å². The molecule has 1 radical (unpaired) electrons. The third-order valence-corrected chi connectivity index (χ3v) is 8.02. The van der Waals surface area contributed by atoms with Crippen molar-refractivity contribution in [2.45, 2.75) is 43.7 Å². The van der Waals surface area contributed by atoms with Gasteiger partial charge in [-0.05, 0) is 12.8 Å². The molecule has 0 rings (SSSR count). The largest absolute Gasteiger partial charge is 0.512 e. The standard InChI is InChI=1S/C10H18F6NO6S2Si/c1-3-6-22-26(23-7-4-2)8-5-17(24(18,19)9(11,12)13)25(20,21)10(14,15)16/h3-8H2,1-2H3. The first-order valence-corrected chi connectivity index (χ1v) is 11.5. The van der Waals surface area contributed by atoms with Crippen LogP contribution in [0.4, 0.5) is 26.3 Å². The van der Waals surface area contributed by atoms with Gasteiger partial charge in [0.05, 0.1) is 0 Å². The number of halogens is 6. The molecule has 0 aromatic heterocycles. The average Bonchev–Trinajstić information content (AvgIpc) is 2.46. The van der Waals surface area contributed by atoms with Gasteiger partial charge in [0.15, 0.2) is 0 Å². The van der Waals surface area contributed by atoms with Crippen LogP contribution in [0.3, 0.4) is 0 Å². The average molecular weight is 454 g/mol. The fourth-order valence-electron chi connectivity index (χ4n) is 1.40. The fourth-order valence-corrected chi connectivity index (χ4v) is 6.03. The minimum absolute atomic E-state index is 0.0655. The van der Waals surface area contributed by atoms with E-state index in [4.69, 9.17) is 8.85 Å². The summed E-state index contributed by atoms with van der Waals surface area (Å²) in [5, 5.41) is 0. The molecule has 0 amide bonds. The second-order valence-electron chi connectivity index (χ2n) is 4.72. The van der Waals surface area contributed by atoms with Crippen LogP contribution in [0.1, 0.15) is 26.7 Å². The number of alkyl halides is 6. The Morgan fingerprint density at radius 3 is 1.42 bits per heavy atom. The summed E-state index contributed by atoms with van der Waals surface area (Å²) >= 11 is 0. The molecule has 0 aromatic rings. The molecule has 0 unspecified atom stereocenters. The molecule has 0 aliphatic carbocycles. The van der Waals surface area contributed by atoms with Crippen molar-refractivity contribution in [2.24, 2.45) is 0 Å². The number of rotatable bonds is 11. The van der Waals surface area contributed by atoms with Gasteiger partial charge < -0.3 is 8.85 Å². The number of hydrogen-bond donors (Lipinski definition) is 0. The molecule has 0 saturated heterocycles. The molecule has 0 saturated carbocycles. The second-order valence-corrected chi connectivity index (χ2v) is 10.5. The summed E-state index contributed by atoms with van der Waals surface area (Å²) in [6.07, 6.45) is 0.907. The van der Waals surface area contributed by atoms with Crippen LogP contribution in [0, 0.1) is 0 Å². The van der Waals surface area contributed by atoms with Gasteiger partial charge in [-0.1, -0.05) is 17.6 Å². The number of hydrogen-bond acceptors (Lipinski definition) is 6.